The molecule has 2 aromatic carbocycles. The first-order valence-corrected chi connectivity index (χ1v) is 5.78. The van der Waals surface area contributed by atoms with E-state index in [1.54, 1.807) is 12.1 Å². The third-order valence-corrected chi connectivity index (χ3v) is 2.60. The Morgan fingerprint density at radius 2 is 1.82 bits per heavy atom. The topological polar surface area (TPSA) is 29.5 Å². The lowest BCUT2D eigenvalue weighted by Crippen LogP contribution is -1.94. The second-order valence-electron chi connectivity index (χ2n) is 3.89. The summed E-state index contributed by atoms with van der Waals surface area (Å²) in [4.78, 5) is 0. The summed E-state index contributed by atoms with van der Waals surface area (Å²) in [6, 6.07) is 15.4. The SMILES string of the molecule is CCOc1ccc(O)c(Cc2ccccc2)c1. The molecule has 17 heavy (non-hydrogen) atoms. The standard InChI is InChI=1S/C15H16O2/c1-2-17-14-8-9-15(16)13(11-14)10-12-6-4-3-5-7-12/h3-9,11,16H,2,10H2,1H3. The van der Waals surface area contributed by atoms with Crippen LogP contribution in [0.4, 0.5) is 0 Å². The number of hydrogen-bond acceptors (Lipinski definition) is 2. The molecule has 88 valence electrons. The van der Waals surface area contributed by atoms with Gasteiger partial charge in [0.2, 0.25) is 0 Å². The summed E-state index contributed by atoms with van der Waals surface area (Å²) >= 11 is 0. The summed E-state index contributed by atoms with van der Waals surface area (Å²) in [5.74, 6) is 1.12. The van der Waals surface area contributed by atoms with Gasteiger partial charge in [-0.2, -0.15) is 0 Å². The molecular formula is C15H16O2. The van der Waals surface area contributed by atoms with Gasteiger partial charge in [0.1, 0.15) is 11.5 Å². The number of rotatable bonds is 4. The van der Waals surface area contributed by atoms with Crippen molar-refractivity contribution in [2.75, 3.05) is 6.61 Å². The van der Waals surface area contributed by atoms with Crippen LogP contribution in [-0.4, -0.2) is 11.7 Å². The minimum absolute atomic E-state index is 0.317. The van der Waals surface area contributed by atoms with Crippen molar-refractivity contribution < 1.29 is 9.84 Å². The van der Waals surface area contributed by atoms with Crippen LogP contribution >= 0.6 is 0 Å². The normalized spacial score (nSPS) is 10.2. The second kappa shape index (κ2) is 5.39. The highest BCUT2D eigenvalue weighted by Crippen LogP contribution is 2.25. The zero-order chi connectivity index (χ0) is 12.1. The van der Waals surface area contributed by atoms with E-state index < -0.39 is 0 Å². The van der Waals surface area contributed by atoms with Crippen LogP contribution in [0, 0.1) is 0 Å². The predicted octanol–water partition coefficient (Wildman–Crippen LogP) is 3.38. The first kappa shape index (κ1) is 11.5. The molecule has 0 unspecified atom stereocenters. The van der Waals surface area contributed by atoms with Gasteiger partial charge in [-0.05, 0) is 30.7 Å². The van der Waals surface area contributed by atoms with E-state index in [1.807, 2.05) is 43.3 Å². The van der Waals surface area contributed by atoms with E-state index >= 15 is 0 Å². The van der Waals surface area contributed by atoms with Gasteiger partial charge in [0.05, 0.1) is 6.61 Å². The van der Waals surface area contributed by atoms with Crippen molar-refractivity contribution in [3.05, 3.63) is 59.7 Å². The molecule has 0 aliphatic rings. The molecule has 0 saturated heterocycles. The van der Waals surface area contributed by atoms with Crippen molar-refractivity contribution in [2.24, 2.45) is 0 Å². The Hall–Kier alpha value is -1.96. The zero-order valence-electron chi connectivity index (χ0n) is 9.89. The van der Waals surface area contributed by atoms with Gasteiger partial charge >= 0.3 is 0 Å². The minimum atomic E-state index is 0.317. The van der Waals surface area contributed by atoms with E-state index in [9.17, 15) is 5.11 Å². The van der Waals surface area contributed by atoms with Gasteiger partial charge in [0.15, 0.2) is 0 Å². The van der Waals surface area contributed by atoms with E-state index in [1.165, 1.54) is 5.56 Å². The number of aromatic hydroxyl groups is 1. The molecule has 2 aromatic rings. The molecule has 0 heterocycles. The highest BCUT2D eigenvalue weighted by Gasteiger charge is 2.04. The smallest absolute Gasteiger partial charge is 0.119 e. The first-order valence-electron chi connectivity index (χ1n) is 5.78. The van der Waals surface area contributed by atoms with Crippen molar-refractivity contribution in [1.29, 1.82) is 0 Å². The van der Waals surface area contributed by atoms with Crippen molar-refractivity contribution >= 4 is 0 Å². The van der Waals surface area contributed by atoms with Crippen LogP contribution in [0.5, 0.6) is 11.5 Å². The van der Waals surface area contributed by atoms with E-state index in [0.29, 0.717) is 18.8 Å². The van der Waals surface area contributed by atoms with Crippen LogP contribution in [-0.2, 0) is 6.42 Å². The maximum atomic E-state index is 9.81. The van der Waals surface area contributed by atoms with Crippen LogP contribution < -0.4 is 4.74 Å². The summed E-state index contributed by atoms with van der Waals surface area (Å²) < 4.78 is 5.43. The summed E-state index contributed by atoms with van der Waals surface area (Å²) in [6.45, 7) is 2.58. The monoisotopic (exact) mass is 228 g/mol. The molecule has 0 atom stereocenters. The number of ether oxygens (including phenoxy) is 1. The molecule has 0 fully saturated rings. The molecule has 0 aliphatic carbocycles. The molecule has 1 N–H and O–H groups in total. The first-order chi connectivity index (χ1) is 8.29. The Bertz CT molecular complexity index is 478. The Morgan fingerprint density at radius 3 is 2.53 bits per heavy atom. The van der Waals surface area contributed by atoms with E-state index in [0.717, 1.165) is 11.3 Å². The van der Waals surface area contributed by atoms with Crippen LogP contribution in [0.1, 0.15) is 18.1 Å². The third kappa shape index (κ3) is 3.00. The van der Waals surface area contributed by atoms with Crippen LogP contribution in [0.3, 0.4) is 0 Å². The fraction of sp³-hybridized carbons (Fsp3) is 0.200. The van der Waals surface area contributed by atoms with E-state index in [2.05, 4.69) is 0 Å². The largest absolute Gasteiger partial charge is 0.508 e. The van der Waals surface area contributed by atoms with Crippen molar-refractivity contribution in [2.45, 2.75) is 13.3 Å². The predicted molar refractivity (Wildman–Crippen MR) is 68.5 cm³/mol. The Morgan fingerprint density at radius 1 is 1.06 bits per heavy atom. The Kier molecular flexibility index (Phi) is 3.66. The molecule has 0 spiro atoms. The summed E-state index contributed by atoms with van der Waals surface area (Å²) in [5, 5.41) is 9.81. The van der Waals surface area contributed by atoms with Crippen molar-refractivity contribution in [1.82, 2.24) is 0 Å². The van der Waals surface area contributed by atoms with E-state index in [4.69, 9.17) is 4.74 Å². The number of phenolic OH excluding ortho intramolecular Hbond substituents is 1. The van der Waals surface area contributed by atoms with E-state index in [-0.39, 0.29) is 0 Å². The number of benzene rings is 2. The third-order valence-electron chi connectivity index (χ3n) is 2.60. The quantitative estimate of drug-likeness (QED) is 0.869. The molecule has 0 radical (unpaired) electrons. The number of phenols is 1. The molecule has 2 rings (SSSR count). The van der Waals surface area contributed by atoms with Crippen molar-refractivity contribution in [3.8, 4) is 11.5 Å². The average molecular weight is 228 g/mol. The maximum absolute atomic E-state index is 9.81. The summed E-state index contributed by atoms with van der Waals surface area (Å²) in [7, 11) is 0. The molecule has 0 amide bonds. The Labute approximate surface area is 101 Å². The Balaban J connectivity index is 2.22. The lowest BCUT2D eigenvalue weighted by molar-refractivity contribution is 0.339. The van der Waals surface area contributed by atoms with Crippen LogP contribution in [0.25, 0.3) is 0 Å². The van der Waals surface area contributed by atoms with Gasteiger partial charge in [0.25, 0.3) is 0 Å². The maximum Gasteiger partial charge on any atom is 0.119 e. The van der Waals surface area contributed by atoms with Crippen LogP contribution in [0.2, 0.25) is 0 Å². The number of hydrogen-bond donors (Lipinski definition) is 1. The molecule has 0 aromatic heterocycles. The van der Waals surface area contributed by atoms with Gasteiger partial charge in [-0.15, -0.1) is 0 Å². The van der Waals surface area contributed by atoms with Crippen molar-refractivity contribution in [3.63, 3.8) is 0 Å². The van der Waals surface area contributed by atoms with Gasteiger partial charge in [-0.3, -0.25) is 0 Å². The molecular weight excluding hydrogens is 212 g/mol. The summed E-state index contributed by atoms with van der Waals surface area (Å²) in [5.41, 5.74) is 2.07. The molecule has 2 nitrogen and oxygen atoms in total. The highest BCUT2D eigenvalue weighted by molar-refractivity contribution is 5.42. The lowest BCUT2D eigenvalue weighted by Gasteiger charge is -2.08. The average Bonchev–Trinajstić information content (AvgIpc) is 2.35. The molecule has 2 heteroatoms. The zero-order valence-corrected chi connectivity index (χ0v) is 9.89. The fourth-order valence-electron chi connectivity index (χ4n) is 1.78. The highest BCUT2D eigenvalue weighted by atomic mass is 16.5. The van der Waals surface area contributed by atoms with Gasteiger partial charge in [-0.1, -0.05) is 30.3 Å². The molecule has 0 aliphatic heterocycles. The van der Waals surface area contributed by atoms with Gasteiger partial charge in [0, 0.05) is 12.0 Å². The summed E-state index contributed by atoms with van der Waals surface area (Å²) in [6.07, 6.45) is 0.716. The van der Waals surface area contributed by atoms with Gasteiger partial charge in [-0.25, -0.2) is 0 Å². The minimum Gasteiger partial charge on any atom is -0.508 e. The molecule has 0 saturated carbocycles. The lowest BCUT2D eigenvalue weighted by atomic mass is 10.0. The molecule has 0 bridgehead atoms. The second-order valence-corrected chi connectivity index (χ2v) is 3.89. The fourth-order valence-corrected chi connectivity index (χ4v) is 1.78. The van der Waals surface area contributed by atoms with Gasteiger partial charge < -0.3 is 9.84 Å². The van der Waals surface area contributed by atoms with Crippen LogP contribution in [0.15, 0.2) is 48.5 Å².